The van der Waals surface area contributed by atoms with E-state index in [1.54, 1.807) is 6.92 Å². The number of carbonyl (C=O) groups excluding carboxylic acids is 1. The van der Waals surface area contributed by atoms with Gasteiger partial charge < -0.3 is 10.4 Å². The van der Waals surface area contributed by atoms with E-state index in [9.17, 15) is 9.59 Å². The maximum absolute atomic E-state index is 11.9. The van der Waals surface area contributed by atoms with Gasteiger partial charge in [0.15, 0.2) is 0 Å². The number of H-pyrrole nitrogens is 1. The molecule has 19 heavy (non-hydrogen) atoms. The van der Waals surface area contributed by atoms with Crippen LogP contribution in [0.5, 0.6) is 0 Å². The Morgan fingerprint density at radius 2 is 1.89 bits per heavy atom. The molecule has 1 unspecified atom stereocenters. The van der Waals surface area contributed by atoms with Crippen LogP contribution in [0.15, 0.2) is 0 Å². The number of amides is 1. The van der Waals surface area contributed by atoms with Crippen LogP contribution < -0.4 is 5.32 Å². The van der Waals surface area contributed by atoms with Crippen LogP contribution in [-0.4, -0.2) is 37.7 Å². The van der Waals surface area contributed by atoms with Gasteiger partial charge in [-0.3, -0.25) is 9.89 Å². The van der Waals surface area contributed by atoms with E-state index in [0.717, 1.165) is 0 Å². The van der Waals surface area contributed by atoms with Gasteiger partial charge in [0.1, 0.15) is 11.4 Å². The molecule has 1 atom stereocenters. The van der Waals surface area contributed by atoms with Gasteiger partial charge in [0.05, 0.1) is 0 Å². The normalized spacial score (nSPS) is 14.8. The second-order valence-electron chi connectivity index (χ2n) is 5.70. The predicted octanol–water partition coefficient (Wildman–Crippen LogP) is 1.09. The van der Waals surface area contributed by atoms with Crippen molar-refractivity contribution in [2.45, 2.75) is 52.0 Å². The Balaban J connectivity index is 2.90. The van der Waals surface area contributed by atoms with Crippen LogP contribution in [-0.2, 0) is 10.2 Å². The average Bonchev–Trinajstić information content (AvgIpc) is 2.77. The first-order chi connectivity index (χ1) is 8.60. The molecule has 0 bridgehead atoms. The number of carboxylic acid groups (broad SMARTS) is 1. The second kappa shape index (κ2) is 4.99. The Bertz CT molecular complexity index is 489. The number of hydrogen-bond donors (Lipinski definition) is 3. The van der Waals surface area contributed by atoms with Crippen molar-refractivity contribution in [1.29, 1.82) is 0 Å². The number of hydrogen-bond acceptors (Lipinski definition) is 4. The van der Waals surface area contributed by atoms with Gasteiger partial charge in [0.25, 0.3) is 5.91 Å². The van der Waals surface area contributed by atoms with Gasteiger partial charge in [-0.05, 0) is 13.3 Å². The molecule has 1 aromatic rings. The maximum Gasteiger partial charge on any atom is 0.329 e. The zero-order valence-corrected chi connectivity index (χ0v) is 11.9. The molecule has 7 nitrogen and oxygen atoms in total. The Labute approximate surface area is 111 Å². The molecule has 0 spiro atoms. The van der Waals surface area contributed by atoms with Crippen LogP contribution in [0.25, 0.3) is 0 Å². The molecular formula is C12H20N4O3. The van der Waals surface area contributed by atoms with Gasteiger partial charge in [-0.15, -0.1) is 5.10 Å². The lowest BCUT2D eigenvalue weighted by Gasteiger charge is -2.23. The monoisotopic (exact) mass is 268 g/mol. The van der Waals surface area contributed by atoms with Gasteiger partial charge >= 0.3 is 5.97 Å². The first kappa shape index (κ1) is 15.1. The molecule has 1 rings (SSSR count). The number of rotatable bonds is 4. The van der Waals surface area contributed by atoms with E-state index in [-0.39, 0.29) is 17.7 Å². The third-order valence-corrected chi connectivity index (χ3v) is 2.97. The molecule has 0 radical (unpaired) electrons. The minimum Gasteiger partial charge on any atom is -0.480 e. The minimum absolute atomic E-state index is 0.0501. The predicted molar refractivity (Wildman–Crippen MR) is 68.9 cm³/mol. The first-order valence-electron chi connectivity index (χ1n) is 6.09. The van der Waals surface area contributed by atoms with E-state index in [1.807, 2.05) is 20.8 Å². The largest absolute Gasteiger partial charge is 0.480 e. The van der Waals surface area contributed by atoms with E-state index >= 15 is 0 Å². The minimum atomic E-state index is -1.32. The number of nitrogens with one attached hydrogen (secondary N) is 2. The quantitative estimate of drug-likeness (QED) is 0.757. The van der Waals surface area contributed by atoms with E-state index in [2.05, 4.69) is 20.5 Å². The standard InChI is InChI=1S/C12H20N4O3/c1-6-12(5,10(18)19)14-8(17)7-13-9(16-15-7)11(2,3)4/h6H2,1-5H3,(H,14,17)(H,18,19)(H,13,15,16). The topological polar surface area (TPSA) is 108 Å². The molecule has 0 aliphatic heterocycles. The Morgan fingerprint density at radius 3 is 2.26 bits per heavy atom. The van der Waals surface area contributed by atoms with E-state index in [1.165, 1.54) is 6.92 Å². The molecule has 0 aromatic carbocycles. The van der Waals surface area contributed by atoms with E-state index in [0.29, 0.717) is 5.82 Å². The Kier molecular flexibility index (Phi) is 3.97. The molecule has 0 aliphatic rings. The van der Waals surface area contributed by atoms with Gasteiger partial charge in [-0.2, -0.15) is 0 Å². The van der Waals surface area contributed by atoms with Gasteiger partial charge in [0, 0.05) is 5.41 Å². The van der Waals surface area contributed by atoms with Crippen LogP contribution >= 0.6 is 0 Å². The van der Waals surface area contributed by atoms with Crippen LogP contribution in [0.4, 0.5) is 0 Å². The molecule has 0 saturated carbocycles. The zero-order valence-electron chi connectivity index (χ0n) is 11.9. The lowest BCUT2D eigenvalue weighted by atomic mass is 9.96. The first-order valence-corrected chi connectivity index (χ1v) is 6.09. The lowest BCUT2D eigenvalue weighted by molar-refractivity contribution is -0.143. The summed E-state index contributed by atoms with van der Waals surface area (Å²) in [5.41, 5.74) is -1.58. The third-order valence-electron chi connectivity index (χ3n) is 2.97. The lowest BCUT2D eigenvalue weighted by Crippen LogP contribution is -2.52. The summed E-state index contributed by atoms with van der Waals surface area (Å²) in [6.45, 7) is 8.94. The third kappa shape index (κ3) is 3.30. The van der Waals surface area contributed by atoms with Crippen molar-refractivity contribution in [3.8, 4) is 0 Å². The number of carboxylic acids is 1. The number of aromatic amines is 1. The molecule has 106 valence electrons. The fourth-order valence-corrected chi connectivity index (χ4v) is 1.30. The van der Waals surface area contributed by atoms with Gasteiger partial charge in [0.2, 0.25) is 5.82 Å². The SMILES string of the molecule is CCC(C)(NC(=O)c1n[nH]c(C(C)(C)C)n1)C(=O)O. The Morgan fingerprint density at radius 1 is 1.32 bits per heavy atom. The van der Waals surface area contributed by atoms with Gasteiger partial charge in [-0.1, -0.05) is 27.7 Å². The van der Waals surface area contributed by atoms with Crippen molar-refractivity contribution in [3.63, 3.8) is 0 Å². The summed E-state index contributed by atoms with van der Waals surface area (Å²) >= 11 is 0. The van der Waals surface area contributed by atoms with Crippen molar-refractivity contribution in [2.24, 2.45) is 0 Å². The second-order valence-corrected chi connectivity index (χ2v) is 5.70. The molecule has 3 N–H and O–H groups in total. The average molecular weight is 268 g/mol. The highest BCUT2D eigenvalue weighted by Gasteiger charge is 2.34. The van der Waals surface area contributed by atoms with Crippen LogP contribution in [0.2, 0.25) is 0 Å². The molecule has 1 amide bonds. The summed E-state index contributed by atoms with van der Waals surface area (Å²) < 4.78 is 0. The summed E-state index contributed by atoms with van der Waals surface area (Å²) in [6.07, 6.45) is 0.268. The van der Waals surface area contributed by atoms with Crippen LogP contribution in [0.1, 0.15) is 57.5 Å². The maximum atomic E-state index is 11.9. The fraction of sp³-hybridized carbons (Fsp3) is 0.667. The molecule has 1 aromatic heterocycles. The smallest absolute Gasteiger partial charge is 0.329 e. The highest BCUT2D eigenvalue weighted by molar-refractivity contribution is 5.94. The number of carbonyl (C=O) groups is 2. The molecule has 1 heterocycles. The molecule has 0 saturated heterocycles. The number of aromatic nitrogens is 3. The van der Waals surface area contributed by atoms with Gasteiger partial charge in [-0.25, -0.2) is 9.78 Å². The molecular weight excluding hydrogens is 248 g/mol. The summed E-state index contributed by atoms with van der Waals surface area (Å²) in [4.78, 5) is 27.2. The summed E-state index contributed by atoms with van der Waals surface area (Å²) in [7, 11) is 0. The van der Waals surface area contributed by atoms with Crippen molar-refractivity contribution in [3.05, 3.63) is 11.6 Å². The fourth-order valence-electron chi connectivity index (χ4n) is 1.30. The summed E-state index contributed by atoms with van der Waals surface area (Å²) in [6, 6.07) is 0. The van der Waals surface area contributed by atoms with Crippen molar-refractivity contribution in [1.82, 2.24) is 20.5 Å². The molecule has 7 heteroatoms. The van der Waals surface area contributed by atoms with Crippen molar-refractivity contribution >= 4 is 11.9 Å². The van der Waals surface area contributed by atoms with Crippen LogP contribution in [0, 0.1) is 0 Å². The van der Waals surface area contributed by atoms with E-state index in [4.69, 9.17) is 5.11 Å². The summed E-state index contributed by atoms with van der Waals surface area (Å²) in [5, 5.41) is 18.0. The van der Waals surface area contributed by atoms with Crippen molar-refractivity contribution in [2.75, 3.05) is 0 Å². The zero-order chi connectivity index (χ0) is 14.8. The molecule has 0 aliphatic carbocycles. The molecule has 0 fully saturated rings. The summed E-state index contributed by atoms with van der Waals surface area (Å²) in [5.74, 6) is -1.16. The van der Waals surface area contributed by atoms with Crippen LogP contribution in [0.3, 0.4) is 0 Å². The number of aliphatic carboxylic acids is 1. The van der Waals surface area contributed by atoms with E-state index < -0.39 is 17.4 Å². The highest BCUT2D eigenvalue weighted by atomic mass is 16.4. The Hall–Kier alpha value is -1.92. The number of nitrogens with zero attached hydrogens (tertiary/aromatic N) is 2. The van der Waals surface area contributed by atoms with Crippen molar-refractivity contribution < 1.29 is 14.7 Å². The highest BCUT2D eigenvalue weighted by Crippen LogP contribution is 2.17.